The molecule has 1 amide bonds. The maximum absolute atomic E-state index is 12.9. The highest BCUT2D eigenvalue weighted by Gasteiger charge is 2.38. The maximum atomic E-state index is 12.9. The number of rotatable bonds is 6. The number of carbonyl (C=O) groups excluding carboxylic acids is 1. The first-order valence-electron chi connectivity index (χ1n) is 11.9. The number of ether oxygens (including phenoxy) is 2. The largest absolute Gasteiger partial charge is 0.457 e. The average molecular weight is 452 g/mol. The van der Waals surface area contributed by atoms with Gasteiger partial charge in [-0.2, -0.15) is 0 Å². The third-order valence-electron chi connectivity index (χ3n) is 6.29. The number of piperidine rings is 1. The van der Waals surface area contributed by atoms with Crippen LogP contribution < -0.4 is 15.4 Å². The van der Waals surface area contributed by atoms with Crippen molar-refractivity contribution in [3.8, 4) is 11.5 Å². The van der Waals surface area contributed by atoms with E-state index in [2.05, 4.69) is 55.4 Å². The summed E-state index contributed by atoms with van der Waals surface area (Å²) in [6.07, 6.45) is 1.81. The SMILES string of the molecule is CC1(C)CC(NC(=O)c2ccc(Oc3cccc(CN4CCOCC4)c3)cc2)CC(C)(C)N1. The molecular weight excluding hydrogens is 414 g/mol. The first kappa shape index (κ1) is 23.7. The van der Waals surface area contributed by atoms with Crippen molar-refractivity contribution in [2.75, 3.05) is 26.3 Å². The third-order valence-corrected chi connectivity index (χ3v) is 6.29. The molecule has 2 saturated heterocycles. The molecule has 0 atom stereocenters. The van der Waals surface area contributed by atoms with Crippen molar-refractivity contribution >= 4 is 5.91 Å². The van der Waals surface area contributed by atoms with Crippen LogP contribution in [0.1, 0.15) is 56.5 Å². The van der Waals surface area contributed by atoms with Crippen LogP contribution in [0.2, 0.25) is 0 Å². The molecular formula is C27H37N3O3. The van der Waals surface area contributed by atoms with Gasteiger partial charge in [0.2, 0.25) is 0 Å². The summed E-state index contributed by atoms with van der Waals surface area (Å²) in [5.74, 6) is 1.49. The number of morpholine rings is 1. The minimum atomic E-state index is -0.0347. The highest BCUT2D eigenvalue weighted by atomic mass is 16.5. The predicted molar refractivity (Wildman–Crippen MR) is 131 cm³/mol. The molecule has 2 N–H and O–H groups in total. The molecule has 178 valence electrons. The lowest BCUT2D eigenvalue weighted by Crippen LogP contribution is -2.62. The number of carbonyl (C=O) groups is 1. The molecule has 0 aliphatic carbocycles. The number of nitrogens with zero attached hydrogens (tertiary/aromatic N) is 1. The van der Waals surface area contributed by atoms with Crippen LogP contribution in [-0.4, -0.2) is 54.2 Å². The van der Waals surface area contributed by atoms with Gasteiger partial charge in [-0.15, -0.1) is 0 Å². The van der Waals surface area contributed by atoms with E-state index in [-0.39, 0.29) is 23.0 Å². The molecule has 0 unspecified atom stereocenters. The van der Waals surface area contributed by atoms with Crippen LogP contribution in [0.3, 0.4) is 0 Å². The summed E-state index contributed by atoms with van der Waals surface area (Å²) in [6.45, 7) is 13.2. The Balaban J connectivity index is 1.34. The van der Waals surface area contributed by atoms with Crippen molar-refractivity contribution in [3.63, 3.8) is 0 Å². The van der Waals surface area contributed by atoms with Crippen LogP contribution in [-0.2, 0) is 11.3 Å². The number of benzene rings is 2. The lowest BCUT2D eigenvalue weighted by molar-refractivity contribution is 0.0342. The molecule has 0 radical (unpaired) electrons. The van der Waals surface area contributed by atoms with Crippen molar-refractivity contribution in [2.24, 2.45) is 0 Å². The summed E-state index contributed by atoms with van der Waals surface area (Å²) in [5.41, 5.74) is 1.86. The van der Waals surface area contributed by atoms with Crippen LogP contribution >= 0.6 is 0 Å². The molecule has 2 fully saturated rings. The van der Waals surface area contributed by atoms with Gasteiger partial charge in [-0.1, -0.05) is 12.1 Å². The van der Waals surface area contributed by atoms with Gasteiger partial charge in [0.1, 0.15) is 11.5 Å². The van der Waals surface area contributed by atoms with Gasteiger partial charge in [0, 0.05) is 42.3 Å². The lowest BCUT2D eigenvalue weighted by Gasteiger charge is -2.46. The Bertz CT molecular complexity index is 933. The van der Waals surface area contributed by atoms with Crippen LogP contribution in [0.5, 0.6) is 11.5 Å². The molecule has 6 heteroatoms. The van der Waals surface area contributed by atoms with E-state index >= 15 is 0 Å². The highest BCUT2D eigenvalue weighted by Crippen LogP contribution is 2.29. The molecule has 0 spiro atoms. The zero-order valence-corrected chi connectivity index (χ0v) is 20.3. The van der Waals surface area contributed by atoms with E-state index in [0.717, 1.165) is 57.2 Å². The fraction of sp³-hybridized carbons (Fsp3) is 0.519. The Hall–Kier alpha value is -2.41. The van der Waals surface area contributed by atoms with E-state index in [0.29, 0.717) is 5.56 Å². The topological polar surface area (TPSA) is 62.8 Å². The van der Waals surface area contributed by atoms with Crippen molar-refractivity contribution in [1.82, 2.24) is 15.5 Å². The van der Waals surface area contributed by atoms with Crippen LogP contribution in [0.25, 0.3) is 0 Å². The summed E-state index contributed by atoms with van der Waals surface area (Å²) in [6, 6.07) is 15.7. The Morgan fingerprint density at radius 1 is 1.03 bits per heavy atom. The third kappa shape index (κ3) is 6.79. The zero-order valence-electron chi connectivity index (χ0n) is 20.3. The lowest BCUT2D eigenvalue weighted by atomic mass is 9.79. The Kier molecular flexibility index (Phi) is 7.07. The van der Waals surface area contributed by atoms with E-state index in [9.17, 15) is 4.79 Å². The van der Waals surface area contributed by atoms with Gasteiger partial charge in [-0.3, -0.25) is 9.69 Å². The van der Waals surface area contributed by atoms with Crippen molar-refractivity contribution in [3.05, 3.63) is 59.7 Å². The first-order valence-corrected chi connectivity index (χ1v) is 11.9. The Labute approximate surface area is 197 Å². The number of nitrogens with one attached hydrogen (secondary N) is 2. The number of amides is 1. The molecule has 4 rings (SSSR count). The molecule has 6 nitrogen and oxygen atoms in total. The summed E-state index contributed by atoms with van der Waals surface area (Å²) in [4.78, 5) is 15.2. The normalized spacial score (nSPS) is 20.8. The van der Waals surface area contributed by atoms with Crippen molar-refractivity contribution in [1.29, 1.82) is 0 Å². The van der Waals surface area contributed by atoms with Gasteiger partial charge in [-0.25, -0.2) is 0 Å². The van der Waals surface area contributed by atoms with Crippen LogP contribution in [0.15, 0.2) is 48.5 Å². The summed E-state index contributed by atoms with van der Waals surface area (Å²) < 4.78 is 11.5. The van der Waals surface area contributed by atoms with Gasteiger partial charge in [-0.05, 0) is 82.5 Å². The molecule has 2 aliphatic rings. The minimum absolute atomic E-state index is 0.00624. The first-order chi connectivity index (χ1) is 15.7. The van der Waals surface area contributed by atoms with E-state index < -0.39 is 0 Å². The molecule has 33 heavy (non-hydrogen) atoms. The second kappa shape index (κ2) is 9.84. The second-order valence-corrected chi connectivity index (χ2v) is 10.6. The van der Waals surface area contributed by atoms with Gasteiger partial charge in [0.15, 0.2) is 0 Å². The highest BCUT2D eigenvalue weighted by molar-refractivity contribution is 5.94. The standard InChI is InChI=1S/C27H37N3O3/c1-26(2)17-22(18-27(3,4)29-26)28-25(31)21-8-10-23(11-9-21)33-24-7-5-6-20(16-24)19-30-12-14-32-15-13-30/h5-11,16,22,29H,12-15,17-19H2,1-4H3,(H,28,31). The minimum Gasteiger partial charge on any atom is -0.457 e. The molecule has 0 bridgehead atoms. The summed E-state index contributed by atoms with van der Waals surface area (Å²) in [5, 5.41) is 6.88. The van der Waals surface area contributed by atoms with Crippen molar-refractivity contribution in [2.45, 2.75) is 64.2 Å². The quantitative estimate of drug-likeness (QED) is 0.684. The van der Waals surface area contributed by atoms with Gasteiger partial charge < -0.3 is 20.1 Å². The number of hydrogen-bond donors (Lipinski definition) is 2. The summed E-state index contributed by atoms with van der Waals surface area (Å²) >= 11 is 0. The van der Waals surface area contributed by atoms with E-state index in [1.165, 1.54) is 5.56 Å². The fourth-order valence-electron chi connectivity index (χ4n) is 5.23. The maximum Gasteiger partial charge on any atom is 0.251 e. The Morgan fingerprint density at radius 2 is 1.70 bits per heavy atom. The molecule has 2 aromatic rings. The molecule has 2 aromatic carbocycles. The molecule has 2 aliphatic heterocycles. The van der Waals surface area contributed by atoms with E-state index in [1.807, 2.05) is 36.4 Å². The predicted octanol–water partition coefficient (Wildman–Crippen LogP) is 4.35. The monoisotopic (exact) mass is 451 g/mol. The molecule has 0 saturated carbocycles. The summed E-state index contributed by atoms with van der Waals surface area (Å²) in [7, 11) is 0. The van der Waals surface area contributed by atoms with Crippen molar-refractivity contribution < 1.29 is 14.3 Å². The molecule has 0 aromatic heterocycles. The van der Waals surface area contributed by atoms with Gasteiger partial charge in [0.05, 0.1) is 13.2 Å². The van der Waals surface area contributed by atoms with Gasteiger partial charge in [0.25, 0.3) is 5.91 Å². The zero-order chi connectivity index (χ0) is 23.5. The van der Waals surface area contributed by atoms with E-state index in [4.69, 9.17) is 9.47 Å². The number of hydrogen-bond acceptors (Lipinski definition) is 5. The van der Waals surface area contributed by atoms with E-state index in [1.54, 1.807) is 0 Å². The second-order valence-electron chi connectivity index (χ2n) is 10.6. The smallest absolute Gasteiger partial charge is 0.251 e. The molecule has 2 heterocycles. The average Bonchev–Trinajstić information content (AvgIpc) is 2.73. The van der Waals surface area contributed by atoms with Crippen LogP contribution in [0.4, 0.5) is 0 Å². The Morgan fingerprint density at radius 3 is 2.36 bits per heavy atom. The van der Waals surface area contributed by atoms with Crippen LogP contribution in [0, 0.1) is 0 Å². The van der Waals surface area contributed by atoms with Gasteiger partial charge >= 0.3 is 0 Å². The fourth-order valence-corrected chi connectivity index (χ4v) is 5.23.